The lowest BCUT2D eigenvalue weighted by molar-refractivity contribution is -0.140. The van der Waals surface area contributed by atoms with Crippen molar-refractivity contribution in [3.63, 3.8) is 0 Å². The highest BCUT2D eigenvalue weighted by molar-refractivity contribution is 6.46. The molecule has 0 radical (unpaired) electrons. The maximum absolute atomic E-state index is 13.3. The van der Waals surface area contributed by atoms with Gasteiger partial charge in [-0.3, -0.25) is 9.59 Å². The topological polar surface area (TPSA) is 89.2 Å². The van der Waals surface area contributed by atoms with Crippen LogP contribution in [0.1, 0.15) is 43.7 Å². The number of ketones is 1. The van der Waals surface area contributed by atoms with Gasteiger partial charge in [0.15, 0.2) is 0 Å². The number of rotatable bonds is 9. The molecular weight excluding hydrogens is 446 g/mol. The number of hydrogen-bond acceptors (Lipinski definition) is 6. The van der Waals surface area contributed by atoms with Gasteiger partial charge in [-0.05, 0) is 54.8 Å². The number of Topliss-reactive ketones (excluding diaryl/α,β-unsaturated/α-hetero) is 1. The quantitative estimate of drug-likeness (QED) is 0.255. The maximum atomic E-state index is 13.3. The summed E-state index contributed by atoms with van der Waals surface area (Å²) in [6, 6.07) is 16.7. The molecule has 2 aromatic carbocycles. The molecule has 1 aromatic heterocycles. The van der Waals surface area contributed by atoms with E-state index in [0.717, 1.165) is 0 Å². The molecule has 1 fully saturated rings. The van der Waals surface area contributed by atoms with Gasteiger partial charge < -0.3 is 23.9 Å². The molecule has 1 amide bonds. The number of hydrogen-bond donors (Lipinski definition) is 1. The zero-order chi connectivity index (χ0) is 24.9. The van der Waals surface area contributed by atoms with Crippen molar-refractivity contribution in [3.8, 4) is 11.5 Å². The number of aliphatic hydroxyl groups excluding tert-OH is 1. The van der Waals surface area contributed by atoms with E-state index in [0.29, 0.717) is 47.5 Å². The number of likely N-dealkylation sites (tertiary alicyclic amines) is 1. The Bertz CT molecular complexity index is 1230. The largest absolute Gasteiger partial charge is 0.507 e. The van der Waals surface area contributed by atoms with Crippen LogP contribution in [-0.2, 0) is 16.1 Å². The van der Waals surface area contributed by atoms with E-state index in [1.54, 1.807) is 54.6 Å². The number of aliphatic hydroxyl groups is 1. The van der Waals surface area contributed by atoms with Crippen LogP contribution in [0.3, 0.4) is 0 Å². The predicted octanol–water partition coefficient (Wildman–Crippen LogP) is 5.34. The smallest absolute Gasteiger partial charge is 0.296 e. The Morgan fingerprint density at radius 3 is 2.46 bits per heavy atom. The fourth-order valence-corrected chi connectivity index (χ4v) is 4.05. The minimum absolute atomic E-state index is 0.0104. The van der Waals surface area contributed by atoms with Crippen LogP contribution in [0, 0.1) is 5.92 Å². The van der Waals surface area contributed by atoms with Crippen LogP contribution in [-0.4, -0.2) is 34.9 Å². The normalized spacial score (nSPS) is 17.3. The van der Waals surface area contributed by atoms with Crippen LogP contribution in [0.2, 0.25) is 0 Å². The fraction of sp³-hybridized carbons (Fsp3) is 0.286. The molecular formula is C28H29NO6. The first-order valence-corrected chi connectivity index (χ1v) is 11.7. The van der Waals surface area contributed by atoms with Crippen LogP contribution < -0.4 is 9.47 Å². The number of benzene rings is 2. The maximum Gasteiger partial charge on any atom is 0.296 e. The summed E-state index contributed by atoms with van der Waals surface area (Å²) in [5.41, 5.74) is 1.06. The molecule has 35 heavy (non-hydrogen) atoms. The third-order valence-electron chi connectivity index (χ3n) is 5.62. The molecule has 0 aliphatic carbocycles. The van der Waals surface area contributed by atoms with Gasteiger partial charge in [-0.15, -0.1) is 0 Å². The van der Waals surface area contributed by atoms with Gasteiger partial charge >= 0.3 is 0 Å². The summed E-state index contributed by atoms with van der Waals surface area (Å²) >= 11 is 0. The van der Waals surface area contributed by atoms with Crippen molar-refractivity contribution in [2.24, 2.45) is 5.92 Å². The summed E-state index contributed by atoms with van der Waals surface area (Å²) in [7, 11) is 0. The monoisotopic (exact) mass is 475 g/mol. The number of ether oxygens (including phenoxy) is 2. The second-order valence-electron chi connectivity index (χ2n) is 8.74. The van der Waals surface area contributed by atoms with Crippen molar-refractivity contribution in [1.29, 1.82) is 0 Å². The Morgan fingerprint density at radius 2 is 1.77 bits per heavy atom. The summed E-state index contributed by atoms with van der Waals surface area (Å²) in [4.78, 5) is 27.8. The first-order valence-electron chi connectivity index (χ1n) is 11.7. The summed E-state index contributed by atoms with van der Waals surface area (Å²) in [6.07, 6.45) is 1.51. The van der Waals surface area contributed by atoms with E-state index in [9.17, 15) is 14.7 Å². The molecule has 1 aliphatic heterocycles. The third kappa shape index (κ3) is 5.24. The van der Waals surface area contributed by atoms with Gasteiger partial charge in [-0.25, -0.2) is 0 Å². The Balaban J connectivity index is 1.81. The van der Waals surface area contributed by atoms with Crippen LogP contribution >= 0.6 is 0 Å². The Labute approximate surface area is 204 Å². The van der Waals surface area contributed by atoms with Crippen LogP contribution in [0.5, 0.6) is 11.5 Å². The molecule has 4 rings (SSSR count). The molecule has 7 heteroatoms. The molecule has 2 heterocycles. The van der Waals surface area contributed by atoms with E-state index >= 15 is 0 Å². The van der Waals surface area contributed by atoms with Gasteiger partial charge in [0.1, 0.15) is 23.0 Å². The minimum atomic E-state index is -0.819. The average Bonchev–Trinajstić information content (AvgIpc) is 3.45. The predicted molar refractivity (Wildman–Crippen MR) is 131 cm³/mol. The molecule has 1 saturated heterocycles. The average molecular weight is 476 g/mol. The molecule has 1 unspecified atom stereocenters. The highest BCUT2D eigenvalue weighted by atomic mass is 16.5. The molecule has 182 valence electrons. The number of furan rings is 1. The van der Waals surface area contributed by atoms with Crippen molar-refractivity contribution < 1.29 is 28.6 Å². The van der Waals surface area contributed by atoms with Crippen molar-refractivity contribution in [2.75, 3.05) is 13.2 Å². The van der Waals surface area contributed by atoms with Gasteiger partial charge in [0, 0.05) is 5.56 Å². The molecule has 7 nitrogen and oxygen atoms in total. The second-order valence-corrected chi connectivity index (χ2v) is 8.74. The first kappa shape index (κ1) is 24.1. The molecule has 3 aromatic rings. The van der Waals surface area contributed by atoms with E-state index < -0.39 is 17.7 Å². The molecule has 0 saturated carbocycles. The van der Waals surface area contributed by atoms with Crippen LogP contribution in [0.25, 0.3) is 5.76 Å². The first-order chi connectivity index (χ1) is 16.9. The zero-order valence-corrected chi connectivity index (χ0v) is 20.1. The van der Waals surface area contributed by atoms with E-state index in [-0.39, 0.29) is 17.9 Å². The van der Waals surface area contributed by atoms with Gasteiger partial charge in [0.25, 0.3) is 11.7 Å². The lowest BCUT2D eigenvalue weighted by atomic mass is 9.95. The van der Waals surface area contributed by atoms with E-state index in [1.165, 1.54) is 11.2 Å². The molecule has 1 atom stereocenters. The highest BCUT2D eigenvalue weighted by Crippen LogP contribution is 2.41. The Hall–Kier alpha value is -4.00. The third-order valence-corrected chi connectivity index (χ3v) is 5.62. The lowest BCUT2D eigenvalue weighted by Gasteiger charge is -2.25. The summed E-state index contributed by atoms with van der Waals surface area (Å²) in [5.74, 6) is 0.322. The van der Waals surface area contributed by atoms with E-state index in [1.807, 2.05) is 26.8 Å². The van der Waals surface area contributed by atoms with Crippen LogP contribution in [0.4, 0.5) is 0 Å². The fourth-order valence-electron chi connectivity index (χ4n) is 4.05. The molecule has 1 N–H and O–H groups in total. The van der Waals surface area contributed by atoms with Gasteiger partial charge in [0.2, 0.25) is 0 Å². The number of nitrogens with zero attached hydrogens (tertiary/aromatic N) is 1. The Morgan fingerprint density at radius 1 is 1.03 bits per heavy atom. The van der Waals surface area contributed by atoms with Crippen LogP contribution in [0.15, 0.2) is 76.9 Å². The summed E-state index contributed by atoms with van der Waals surface area (Å²) in [5, 5.41) is 11.3. The minimum Gasteiger partial charge on any atom is -0.507 e. The van der Waals surface area contributed by atoms with E-state index in [4.69, 9.17) is 13.9 Å². The van der Waals surface area contributed by atoms with Crippen molar-refractivity contribution in [1.82, 2.24) is 4.90 Å². The SMILES string of the molecule is CCOc1cccc(C2/C(=C(/O)c3cccc(OCC(C)C)c3)C(=O)C(=O)N2Cc2ccco2)c1. The zero-order valence-electron chi connectivity index (χ0n) is 20.1. The Kier molecular flexibility index (Phi) is 7.25. The standard InChI is InChI=1S/C28H29NO6/c1-4-33-21-10-5-8-19(14-21)25-24(27(31)28(32)29(25)16-23-12-7-13-34-23)26(30)20-9-6-11-22(15-20)35-17-18(2)3/h5-15,18,25,30H,4,16-17H2,1-3H3/b26-24-. The van der Waals surface area contributed by atoms with Gasteiger partial charge in [-0.2, -0.15) is 0 Å². The van der Waals surface area contributed by atoms with Crippen molar-refractivity contribution in [3.05, 3.63) is 89.4 Å². The van der Waals surface area contributed by atoms with E-state index in [2.05, 4.69) is 0 Å². The lowest BCUT2D eigenvalue weighted by Crippen LogP contribution is -2.29. The van der Waals surface area contributed by atoms with Crippen molar-refractivity contribution in [2.45, 2.75) is 33.4 Å². The second kappa shape index (κ2) is 10.5. The number of carbonyl (C=O) groups is 2. The molecule has 1 aliphatic rings. The van der Waals surface area contributed by atoms with Crippen molar-refractivity contribution >= 4 is 17.4 Å². The molecule has 0 spiro atoms. The highest BCUT2D eigenvalue weighted by Gasteiger charge is 2.46. The molecule has 0 bridgehead atoms. The number of carbonyl (C=O) groups excluding carboxylic acids is 2. The summed E-state index contributed by atoms with van der Waals surface area (Å²) < 4.78 is 16.9. The van der Waals surface area contributed by atoms with Gasteiger partial charge in [0.05, 0.1) is 37.6 Å². The number of amides is 1. The summed E-state index contributed by atoms with van der Waals surface area (Å²) in [6.45, 7) is 7.03. The van der Waals surface area contributed by atoms with Gasteiger partial charge in [-0.1, -0.05) is 38.1 Å².